The second-order valence-corrected chi connectivity index (χ2v) is 6.77. The third kappa shape index (κ3) is 4.34. The highest BCUT2D eigenvalue weighted by molar-refractivity contribution is 5.74. The van der Waals surface area contributed by atoms with Crippen LogP contribution in [0.3, 0.4) is 0 Å². The molecule has 4 rings (SSSR count). The molecule has 5 nitrogen and oxygen atoms in total. The zero-order valence-electron chi connectivity index (χ0n) is 17.1. The van der Waals surface area contributed by atoms with Gasteiger partial charge in [0.25, 0.3) is 5.72 Å². The molecule has 3 aromatic carbocycles. The number of rotatable bonds is 4. The number of aliphatic hydroxyl groups is 1. The highest BCUT2D eigenvalue weighted by Gasteiger charge is 2.41. The van der Waals surface area contributed by atoms with Gasteiger partial charge in [0.15, 0.2) is 6.10 Å². The molecular formula is C26H21N3O2. The molecule has 1 heterocycles. The van der Waals surface area contributed by atoms with Crippen LogP contribution in [-0.4, -0.2) is 32.8 Å². The van der Waals surface area contributed by atoms with Crippen molar-refractivity contribution in [1.29, 1.82) is 0 Å². The molecule has 0 amide bonds. The maximum atomic E-state index is 11.3. The fraction of sp³-hybridized carbons (Fsp3) is 0.154. The van der Waals surface area contributed by atoms with E-state index in [9.17, 15) is 5.11 Å². The highest BCUT2D eigenvalue weighted by Crippen LogP contribution is 2.26. The van der Waals surface area contributed by atoms with Gasteiger partial charge in [-0.2, -0.15) is 4.68 Å². The first-order valence-electron chi connectivity index (χ1n) is 10.0. The van der Waals surface area contributed by atoms with Gasteiger partial charge in [0.1, 0.15) is 5.52 Å². The summed E-state index contributed by atoms with van der Waals surface area (Å²) in [5, 5.41) is 19.8. The largest absolute Gasteiger partial charge is 0.374 e. The van der Waals surface area contributed by atoms with Gasteiger partial charge in [-0.15, -0.1) is 5.10 Å². The number of aromatic nitrogens is 3. The van der Waals surface area contributed by atoms with E-state index < -0.39 is 11.8 Å². The molecule has 1 aromatic heterocycles. The van der Waals surface area contributed by atoms with Crippen molar-refractivity contribution in [2.75, 3.05) is 6.61 Å². The fourth-order valence-electron chi connectivity index (χ4n) is 3.20. The summed E-state index contributed by atoms with van der Waals surface area (Å²) in [7, 11) is 0. The van der Waals surface area contributed by atoms with E-state index in [-0.39, 0.29) is 0 Å². The van der Waals surface area contributed by atoms with Crippen LogP contribution in [0.25, 0.3) is 11.0 Å². The molecule has 1 N–H and O–H groups in total. The van der Waals surface area contributed by atoms with Crippen LogP contribution in [0.15, 0.2) is 84.9 Å². The summed E-state index contributed by atoms with van der Waals surface area (Å²) < 4.78 is 7.61. The number of hydrogen-bond acceptors (Lipinski definition) is 4. The molecule has 2 unspecified atom stereocenters. The van der Waals surface area contributed by atoms with E-state index in [1.165, 1.54) is 4.68 Å². The molecule has 0 aliphatic rings. The Bertz CT molecular complexity index is 1280. The summed E-state index contributed by atoms with van der Waals surface area (Å²) in [5.74, 6) is 12.1. The van der Waals surface area contributed by atoms with Gasteiger partial charge < -0.3 is 9.84 Å². The lowest BCUT2D eigenvalue weighted by molar-refractivity contribution is -0.119. The first-order valence-corrected chi connectivity index (χ1v) is 10.0. The molecule has 0 radical (unpaired) electrons. The van der Waals surface area contributed by atoms with Gasteiger partial charge in [0, 0.05) is 17.7 Å². The summed E-state index contributed by atoms with van der Waals surface area (Å²) in [6, 6.07) is 26.5. The average molecular weight is 407 g/mol. The molecule has 0 fully saturated rings. The molecule has 0 spiro atoms. The Morgan fingerprint density at radius 2 is 1.52 bits per heavy atom. The van der Waals surface area contributed by atoms with Crippen LogP contribution < -0.4 is 0 Å². The maximum absolute atomic E-state index is 11.3. The number of fused-ring (bicyclic) bond motifs is 1. The summed E-state index contributed by atoms with van der Waals surface area (Å²) >= 11 is 0. The minimum atomic E-state index is -1.54. The summed E-state index contributed by atoms with van der Waals surface area (Å²) in [5.41, 5.74) is 1.41. The van der Waals surface area contributed by atoms with E-state index in [0.717, 1.165) is 11.1 Å². The molecule has 0 saturated heterocycles. The van der Waals surface area contributed by atoms with Gasteiger partial charge in [-0.25, -0.2) is 0 Å². The van der Waals surface area contributed by atoms with Gasteiger partial charge in [-0.1, -0.05) is 71.5 Å². The van der Waals surface area contributed by atoms with Crippen molar-refractivity contribution in [1.82, 2.24) is 15.0 Å². The Labute approximate surface area is 181 Å². The van der Waals surface area contributed by atoms with Crippen molar-refractivity contribution >= 4 is 11.0 Å². The van der Waals surface area contributed by atoms with Gasteiger partial charge in [0.05, 0.1) is 5.52 Å². The number of ether oxygens (including phenoxy) is 1. The maximum Gasteiger partial charge on any atom is 0.264 e. The second-order valence-electron chi connectivity index (χ2n) is 6.77. The lowest BCUT2D eigenvalue weighted by Crippen LogP contribution is -2.46. The van der Waals surface area contributed by atoms with E-state index in [1.807, 2.05) is 91.9 Å². The summed E-state index contributed by atoms with van der Waals surface area (Å²) in [6.07, 6.45) is -1.28. The third-order valence-electron chi connectivity index (χ3n) is 4.69. The van der Waals surface area contributed by atoms with Gasteiger partial charge >= 0.3 is 0 Å². The number of hydrogen-bond donors (Lipinski definition) is 1. The number of benzene rings is 3. The van der Waals surface area contributed by atoms with Crippen molar-refractivity contribution < 1.29 is 9.84 Å². The van der Waals surface area contributed by atoms with Gasteiger partial charge in [-0.05, 0) is 49.2 Å². The first kappa shape index (κ1) is 20.4. The van der Waals surface area contributed by atoms with Crippen LogP contribution >= 0.6 is 0 Å². The van der Waals surface area contributed by atoms with E-state index in [1.54, 1.807) is 0 Å². The molecule has 0 bridgehead atoms. The molecule has 0 aliphatic carbocycles. The normalized spacial score (nSPS) is 13.4. The standard InChI is InChI=1S/C26H21N3O2/c1-2-31-26(20-19-22-13-7-4-8-14-22,25(30)18-17-21-11-5-3-6-12-21)29-24-16-10-9-15-23(24)27-28-29/h3-16,25,30H,2H2,1H3. The number of aliphatic hydroxyl groups excluding tert-OH is 1. The van der Waals surface area contributed by atoms with Crippen molar-refractivity contribution in [2.45, 2.75) is 18.8 Å². The number of nitrogens with zero attached hydrogens (tertiary/aromatic N) is 3. The minimum Gasteiger partial charge on any atom is -0.374 e. The molecule has 2 atom stereocenters. The SMILES string of the molecule is CCOC(C#Cc1ccccc1)(C(O)C#Cc1ccccc1)n1nnc2ccccc21. The topological polar surface area (TPSA) is 60.2 Å². The van der Waals surface area contributed by atoms with Crippen LogP contribution in [0.2, 0.25) is 0 Å². The van der Waals surface area contributed by atoms with Gasteiger partial charge in [0.2, 0.25) is 0 Å². The Balaban J connectivity index is 1.88. The Morgan fingerprint density at radius 3 is 2.19 bits per heavy atom. The predicted octanol–water partition coefficient (Wildman–Crippen LogP) is 3.58. The van der Waals surface area contributed by atoms with Crippen LogP contribution in [-0.2, 0) is 10.5 Å². The Kier molecular flexibility index (Phi) is 6.10. The van der Waals surface area contributed by atoms with E-state index in [0.29, 0.717) is 17.6 Å². The second kappa shape index (κ2) is 9.28. The zero-order valence-corrected chi connectivity index (χ0v) is 17.1. The van der Waals surface area contributed by atoms with E-state index in [2.05, 4.69) is 34.0 Å². The van der Waals surface area contributed by atoms with Crippen molar-refractivity contribution in [3.8, 4) is 23.7 Å². The average Bonchev–Trinajstić information content (AvgIpc) is 3.26. The molecule has 152 valence electrons. The van der Waals surface area contributed by atoms with Crippen molar-refractivity contribution in [3.05, 3.63) is 96.1 Å². The fourth-order valence-corrected chi connectivity index (χ4v) is 3.20. The van der Waals surface area contributed by atoms with E-state index >= 15 is 0 Å². The predicted molar refractivity (Wildman–Crippen MR) is 120 cm³/mol. The zero-order chi connectivity index (χ0) is 21.5. The quantitative estimate of drug-likeness (QED) is 0.526. The Hall–Kier alpha value is -3.90. The van der Waals surface area contributed by atoms with Crippen molar-refractivity contribution in [2.24, 2.45) is 0 Å². The lowest BCUT2D eigenvalue weighted by Gasteiger charge is -2.30. The summed E-state index contributed by atoms with van der Waals surface area (Å²) in [4.78, 5) is 0. The third-order valence-corrected chi connectivity index (χ3v) is 4.69. The van der Waals surface area contributed by atoms with Crippen LogP contribution in [0, 0.1) is 23.7 Å². The lowest BCUT2D eigenvalue weighted by atomic mass is 10.0. The highest BCUT2D eigenvalue weighted by atomic mass is 16.5. The van der Waals surface area contributed by atoms with Crippen LogP contribution in [0.1, 0.15) is 18.1 Å². The smallest absolute Gasteiger partial charge is 0.264 e. The molecular weight excluding hydrogens is 386 g/mol. The van der Waals surface area contributed by atoms with Crippen molar-refractivity contribution in [3.63, 3.8) is 0 Å². The number of para-hydroxylation sites is 1. The summed E-state index contributed by atoms with van der Waals surface area (Å²) in [6.45, 7) is 2.14. The van der Waals surface area contributed by atoms with Gasteiger partial charge in [-0.3, -0.25) is 0 Å². The van der Waals surface area contributed by atoms with E-state index in [4.69, 9.17) is 4.74 Å². The monoisotopic (exact) mass is 407 g/mol. The minimum absolute atomic E-state index is 0.293. The molecule has 0 aliphatic heterocycles. The molecule has 5 heteroatoms. The Morgan fingerprint density at radius 1 is 0.903 bits per heavy atom. The molecule has 0 saturated carbocycles. The molecule has 31 heavy (non-hydrogen) atoms. The molecule has 4 aromatic rings. The van der Waals surface area contributed by atoms with Crippen LogP contribution in [0.5, 0.6) is 0 Å². The van der Waals surface area contributed by atoms with Crippen LogP contribution in [0.4, 0.5) is 0 Å². The first-order chi connectivity index (χ1) is 15.2.